The van der Waals surface area contributed by atoms with E-state index in [1.54, 1.807) is 12.3 Å². The summed E-state index contributed by atoms with van der Waals surface area (Å²) in [4.78, 5) is 26.4. The molecule has 2 aromatic heterocycles. The quantitative estimate of drug-likeness (QED) is 0.786. The summed E-state index contributed by atoms with van der Waals surface area (Å²) < 4.78 is 0. The lowest BCUT2D eigenvalue weighted by Crippen LogP contribution is -2.25. The summed E-state index contributed by atoms with van der Waals surface area (Å²) in [6.07, 6.45) is 3.08. The van der Waals surface area contributed by atoms with Crippen molar-refractivity contribution in [1.29, 1.82) is 0 Å². The van der Waals surface area contributed by atoms with Crippen LogP contribution in [0, 0.1) is 0 Å². The van der Waals surface area contributed by atoms with E-state index >= 15 is 0 Å². The SMILES string of the molecule is CN(C)CCNc1cc(C(=O)NCc2ccccn2)ncn1. The third-order valence-electron chi connectivity index (χ3n) is 2.92. The lowest BCUT2D eigenvalue weighted by molar-refractivity contribution is 0.0945. The van der Waals surface area contributed by atoms with Gasteiger partial charge < -0.3 is 15.5 Å². The summed E-state index contributed by atoms with van der Waals surface area (Å²) in [7, 11) is 4.00. The van der Waals surface area contributed by atoms with Crippen LogP contribution in [0.2, 0.25) is 0 Å². The fraction of sp³-hybridized carbons (Fsp3) is 0.333. The highest BCUT2D eigenvalue weighted by atomic mass is 16.1. The summed E-state index contributed by atoms with van der Waals surface area (Å²) in [5, 5.41) is 5.95. The third-order valence-corrected chi connectivity index (χ3v) is 2.92. The fourth-order valence-electron chi connectivity index (χ4n) is 1.75. The van der Waals surface area contributed by atoms with Gasteiger partial charge in [0.25, 0.3) is 5.91 Å². The molecule has 2 aromatic rings. The molecule has 0 aliphatic heterocycles. The van der Waals surface area contributed by atoms with E-state index in [4.69, 9.17) is 0 Å². The van der Waals surface area contributed by atoms with E-state index in [1.165, 1.54) is 6.33 Å². The van der Waals surface area contributed by atoms with Gasteiger partial charge in [0.1, 0.15) is 17.8 Å². The van der Waals surface area contributed by atoms with E-state index in [0.717, 1.165) is 18.8 Å². The Morgan fingerprint density at radius 1 is 1.23 bits per heavy atom. The van der Waals surface area contributed by atoms with Crippen molar-refractivity contribution in [2.24, 2.45) is 0 Å². The first-order valence-corrected chi connectivity index (χ1v) is 7.04. The molecule has 1 amide bonds. The van der Waals surface area contributed by atoms with Crippen LogP contribution in [0.15, 0.2) is 36.8 Å². The van der Waals surface area contributed by atoms with Crippen LogP contribution in [0.3, 0.4) is 0 Å². The highest BCUT2D eigenvalue weighted by molar-refractivity contribution is 5.92. The highest BCUT2D eigenvalue weighted by Crippen LogP contribution is 2.04. The van der Waals surface area contributed by atoms with E-state index in [9.17, 15) is 4.79 Å². The van der Waals surface area contributed by atoms with Crippen LogP contribution in [-0.2, 0) is 6.54 Å². The molecule has 0 aromatic carbocycles. The van der Waals surface area contributed by atoms with Crippen molar-refractivity contribution in [2.75, 3.05) is 32.5 Å². The molecule has 22 heavy (non-hydrogen) atoms. The first-order valence-electron chi connectivity index (χ1n) is 7.04. The Bertz CT molecular complexity index is 602. The van der Waals surface area contributed by atoms with E-state index in [-0.39, 0.29) is 5.91 Å². The standard InChI is InChI=1S/C15H20N6O/c1-21(2)8-7-17-14-9-13(19-11-20-14)15(22)18-10-12-5-3-4-6-16-12/h3-6,9,11H,7-8,10H2,1-2H3,(H,18,22)(H,17,19,20). The van der Waals surface area contributed by atoms with E-state index in [1.807, 2.05) is 32.3 Å². The van der Waals surface area contributed by atoms with Gasteiger partial charge in [-0.3, -0.25) is 9.78 Å². The van der Waals surface area contributed by atoms with Gasteiger partial charge in [0.15, 0.2) is 0 Å². The molecule has 0 bridgehead atoms. The maximum Gasteiger partial charge on any atom is 0.270 e. The van der Waals surface area contributed by atoms with Crippen molar-refractivity contribution >= 4 is 11.7 Å². The first kappa shape index (κ1) is 15.8. The molecular formula is C15H20N6O. The van der Waals surface area contributed by atoms with Gasteiger partial charge in [-0.2, -0.15) is 0 Å². The average molecular weight is 300 g/mol. The third kappa shape index (κ3) is 5.10. The Labute approximate surface area is 129 Å². The van der Waals surface area contributed by atoms with Crippen molar-refractivity contribution in [3.8, 4) is 0 Å². The first-order chi connectivity index (χ1) is 10.6. The van der Waals surface area contributed by atoms with Crippen LogP contribution < -0.4 is 10.6 Å². The number of pyridine rings is 1. The predicted molar refractivity (Wildman–Crippen MR) is 84.5 cm³/mol. The van der Waals surface area contributed by atoms with Gasteiger partial charge >= 0.3 is 0 Å². The minimum atomic E-state index is -0.247. The number of aromatic nitrogens is 3. The molecule has 0 saturated carbocycles. The Balaban J connectivity index is 1.89. The Morgan fingerprint density at radius 2 is 2.09 bits per heavy atom. The molecule has 2 heterocycles. The molecule has 0 atom stereocenters. The molecule has 0 radical (unpaired) electrons. The number of nitrogens with zero attached hydrogens (tertiary/aromatic N) is 4. The predicted octanol–water partition coefficient (Wildman–Crippen LogP) is 0.775. The van der Waals surface area contributed by atoms with Crippen molar-refractivity contribution in [2.45, 2.75) is 6.54 Å². The topological polar surface area (TPSA) is 83.0 Å². The largest absolute Gasteiger partial charge is 0.369 e. The van der Waals surface area contributed by atoms with Gasteiger partial charge in [0.2, 0.25) is 0 Å². The van der Waals surface area contributed by atoms with E-state index < -0.39 is 0 Å². The van der Waals surface area contributed by atoms with Gasteiger partial charge in [-0.05, 0) is 26.2 Å². The van der Waals surface area contributed by atoms with E-state index in [0.29, 0.717) is 18.1 Å². The zero-order valence-electron chi connectivity index (χ0n) is 12.8. The van der Waals surface area contributed by atoms with Crippen LogP contribution in [0.1, 0.15) is 16.2 Å². The fourth-order valence-corrected chi connectivity index (χ4v) is 1.75. The Morgan fingerprint density at radius 3 is 2.82 bits per heavy atom. The highest BCUT2D eigenvalue weighted by Gasteiger charge is 2.08. The number of hydrogen-bond acceptors (Lipinski definition) is 6. The van der Waals surface area contributed by atoms with Crippen LogP contribution in [-0.4, -0.2) is 52.9 Å². The van der Waals surface area contributed by atoms with Crippen LogP contribution in [0.4, 0.5) is 5.82 Å². The molecule has 0 unspecified atom stereocenters. The number of carbonyl (C=O) groups is 1. The molecule has 0 aliphatic carbocycles. The lowest BCUT2D eigenvalue weighted by atomic mass is 10.3. The molecule has 0 fully saturated rings. The number of likely N-dealkylation sites (N-methyl/N-ethyl adjacent to an activating group) is 1. The molecule has 0 saturated heterocycles. The second-order valence-electron chi connectivity index (χ2n) is 5.02. The van der Waals surface area contributed by atoms with Crippen molar-refractivity contribution in [3.63, 3.8) is 0 Å². The minimum absolute atomic E-state index is 0.247. The van der Waals surface area contributed by atoms with Crippen molar-refractivity contribution in [1.82, 2.24) is 25.2 Å². The number of rotatable bonds is 7. The number of hydrogen-bond donors (Lipinski definition) is 2. The number of amides is 1. The molecule has 2 rings (SSSR count). The number of anilines is 1. The Kier molecular flexibility index (Phi) is 5.79. The molecule has 7 nitrogen and oxygen atoms in total. The molecule has 0 aliphatic rings. The monoisotopic (exact) mass is 300 g/mol. The maximum absolute atomic E-state index is 12.1. The zero-order valence-corrected chi connectivity index (χ0v) is 12.8. The van der Waals surface area contributed by atoms with Crippen molar-refractivity contribution < 1.29 is 4.79 Å². The second-order valence-corrected chi connectivity index (χ2v) is 5.02. The van der Waals surface area contributed by atoms with Gasteiger partial charge in [-0.15, -0.1) is 0 Å². The van der Waals surface area contributed by atoms with Gasteiger partial charge in [0.05, 0.1) is 12.2 Å². The minimum Gasteiger partial charge on any atom is -0.369 e. The smallest absolute Gasteiger partial charge is 0.270 e. The zero-order chi connectivity index (χ0) is 15.8. The summed E-state index contributed by atoms with van der Waals surface area (Å²) in [5.41, 5.74) is 1.13. The lowest BCUT2D eigenvalue weighted by Gasteiger charge is -2.11. The number of carbonyl (C=O) groups excluding carboxylic acids is 1. The Hall–Kier alpha value is -2.54. The maximum atomic E-state index is 12.1. The second kappa shape index (κ2) is 8.04. The van der Waals surface area contributed by atoms with E-state index in [2.05, 4.69) is 30.5 Å². The summed E-state index contributed by atoms with van der Waals surface area (Å²) in [6, 6.07) is 7.21. The van der Waals surface area contributed by atoms with Crippen LogP contribution >= 0.6 is 0 Å². The summed E-state index contributed by atoms with van der Waals surface area (Å²) in [5.74, 6) is 0.392. The molecule has 0 spiro atoms. The van der Waals surface area contributed by atoms with Gasteiger partial charge in [-0.1, -0.05) is 6.07 Å². The van der Waals surface area contributed by atoms with Gasteiger partial charge in [0, 0.05) is 25.4 Å². The molecule has 7 heteroatoms. The normalized spacial score (nSPS) is 10.5. The van der Waals surface area contributed by atoms with Gasteiger partial charge in [-0.25, -0.2) is 9.97 Å². The van der Waals surface area contributed by atoms with Crippen LogP contribution in [0.25, 0.3) is 0 Å². The summed E-state index contributed by atoms with van der Waals surface area (Å²) >= 11 is 0. The number of nitrogens with one attached hydrogen (secondary N) is 2. The average Bonchev–Trinajstić information content (AvgIpc) is 2.53. The summed E-state index contributed by atoms with van der Waals surface area (Å²) in [6.45, 7) is 2.00. The molecule has 2 N–H and O–H groups in total. The van der Waals surface area contributed by atoms with Crippen LogP contribution in [0.5, 0.6) is 0 Å². The van der Waals surface area contributed by atoms with Crippen molar-refractivity contribution in [3.05, 3.63) is 48.2 Å². The molecular weight excluding hydrogens is 280 g/mol. The molecule has 116 valence electrons.